The van der Waals surface area contributed by atoms with Gasteiger partial charge in [0.25, 0.3) is 0 Å². The molecule has 106 valence electrons. The van der Waals surface area contributed by atoms with Gasteiger partial charge in [-0.3, -0.25) is 4.90 Å². The highest BCUT2D eigenvalue weighted by Gasteiger charge is 2.23. The SMILES string of the molecule is CCC(NCCCN1CCOCC1)C1CCOC1. The topological polar surface area (TPSA) is 33.7 Å². The fourth-order valence-electron chi connectivity index (χ4n) is 2.93. The lowest BCUT2D eigenvalue weighted by Gasteiger charge is -2.27. The zero-order valence-electron chi connectivity index (χ0n) is 11.7. The first-order valence-electron chi connectivity index (χ1n) is 7.51. The van der Waals surface area contributed by atoms with Gasteiger partial charge in [-0.15, -0.1) is 0 Å². The molecule has 2 aliphatic heterocycles. The van der Waals surface area contributed by atoms with Crippen molar-refractivity contribution in [2.45, 2.75) is 32.2 Å². The van der Waals surface area contributed by atoms with Crippen molar-refractivity contribution in [1.82, 2.24) is 10.2 Å². The van der Waals surface area contributed by atoms with Crippen molar-refractivity contribution < 1.29 is 9.47 Å². The van der Waals surface area contributed by atoms with E-state index in [0.717, 1.165) is 52.0 Å². The van der Waals surface area contributed by atoms with Gasteiger partial charge in [-0.05, 0) is 38.3 Å². The van der Waals surface area contributed by atoms with Crippen LogP contribution in [0.25, 0.3) is 0 Å². The molecule has 2 saturated heterocycles. The molecule has 0 saturated carbocycles. The summed E-state index contributed by atoms with van der Waals surface area (Å²) >= 11 is 0. The molecule has 18 heavy (non-hydrogen) atoms. The maximum atomic E-state index is 5.48. The monoisotopic (exact) mass is 256 g/mol. The predicted molar refractivity (Wildman–Crippen MR) is 72.9 cm³/mol. The van der Waals surface area contributed by atoms with Crippen LogP contribution in [0.5, 0.6) is 0 Å². The van der Waals surface area contributed by atoms with Crippen LogP contribution in [0.4, 0.5) is 0 Å². The van der Waals surface area contributed by atoms with Gasteiger partial charge in [0.2, 0.25) is 0 Å². The summed E-state index contributed by atoms with van der Waals surface area (Å²) in [5.41, 5.74) is 0. The van der Waals surface area contributed by atoms with E-state index in [1.807, 2.05) is 0 Å². The Kier molecular flexibility index (Phi) is 6.41. The minimum atomic E-state index is 0.650. The molecular weight excluding hydrogens is 228 g/mol. The van der Waals surface area contributed by atoms with Gasteiger partial charge in [0.1, 0.15) is 0 Å². The lowest BCUT2D eigenvalue weighted by atomic mass is 9.97. The van der Waals surface area contributed by atoms with E-state index in [1.165, 1.54) is 25.8 Å². The molecule has 2 fully saturated rings. The highest BCUT2D eigenvalue weighted by Crippen LogP contribution is 2.18. The van der Waals surface area contributed by atoms with Crippen molar-refractivity contribution in [1.29, 1.82) is 0 Å². The summed E-state index contributed by atoms with van der Waals surface area (Å²) in [6.45, 7) is 10.5. The van der Waals surface area contributed by atoms with Gasteiger partial charge < -0.3 is 14.8 Å². The molecule has 0 aliphatic carbocycles. The van der Waals surface area contributed by atoms with Crippen LogP contribution in [0, 0.1) is 5.92 Å². The minimum Gasteiger partial charge on any atom is -0.381 e. The van der Waals surface area contributed by atoms with Gasteiger partial charge in [0.15, 0.2) is 0 Å². The first kappa shape index (κ1) is 14.3. The van der Waals surface area contributed by atoms with E-state index in [0.29, 0.717) is 6.04 Å². The van der Waals surface area contributed by atoms with Crippen LogP contribution < -0.4 is 5.32 Å². The summed E-state index contributed by atoms with van der Waals surface area (Å²) in [6, 6.07) is 0.650. The summed E-state index contributed by atoms with van der Waals surface area (Å²) in [4.78, 5) is 2.50. The zero-order chi connectivity index (χ0) is 12.6. The molecule has 0 aromatic carbocycles. The molecule has 0 radical (unpaired) electrons. The third-order valence-corrected chi connectivity index (χ3v) is 4.14. The normalized spacial score (nSPS) is 27.5. The smallest absolute Gasteiger partial charge is 0.0594 e. The van der Waals surface area contributed by atoms with Crippen LogP contribution in [-0.2, 0) is 9.47 Å². The molecule has 2 aliphatic rings. The predicted octanol–water partition coefficient (Wildman–Crippen LogP) is 1.11. The van der Waals surface area contributed by atoms with Gasteiger partial charge in [0, 0.05) is 25.7 Å². The van der Waals surface area contributed by atoms with Gasteiger partial charge in [-0.25, -0.2) is 0 Å². The second-order valence-corrected chi connectivity index (χ2v) is 5.40. The maximum Gasteiger partial charge on any atom is 0.0594 e. The van der Waals surface area contributed by atoms with Crippen LogP contribution in [0.2, 0.25) is 0 Å². The Balaban J connectivity index is 1.55. The molecule has 2 rings (SSSR count). The Morgan fingerprint density at radius 3 is 2.72 bits per heavy atom. The Labute approximate surface area is 111 Å². The number of nitrogens with zero attached hydrogens (tertiary/aromatic N) is 1. The van der Waals surface area contributed by atoms with E-state index in [-0.39, 0.29) is 0 Å². The lowest BCUT2D eigenvalue weighted by molar-refractivity contribution is 0.0373. The molecule has 0 bridgehead atoms. The Hall–Kier alpha value is -0.160. The van der Waals surface area contributed by atoms with Crippen molar-refractivity contribution >= 4 is 0 Å². The molecule has 0 aromatic heterocycles. The van der Waals surface area contributed by atoms with E-state index in [4.69, 9.17) is 9.47 Å². The van der Waals surface area contributed by atoms with E-state index in [1.54, 1.807) is 0 Å². The van der Waals surface area contributed by atoms with Crippen molar-refractivity contribution in [3.8, 4) is 0 Å². The number of hydrogen-bond donors (Lipinski definition) is 1. The fourth-order valence-corrected chi connectivity index (χ4v) is 2.93. The van der Waals surface area contributed by atoms with E-state index in [9.17, 15) is 0 Å². The highest BCUT2D eigenvalue weighted by molar-refractivity contribution is 4.78. The number of morpholine rings is 1. The van der Waals surface area contributed by atoms with Gasteiger partial charge in [-0.2, -0.15) is 0 Å². The van der Waals surface area contributed by atoms with Crippen molar-refractivity contribution in [2.75, 3.05) is 52.6 Å². The van der Waals surface area contributed by atoms with E-state index in [2.05, 4.69) is 17.1 Å². The van der Waals surface area contributed by atoms with Crippen molar-refractivity contribution in [3.63, 3.8) is 0 Å². The first-order valence-corrected chi connectivity index (χ1v) is 7.51. The van der Waals surface area contributed by atoms with Crippen LogP contribution in [-0.4, -0.2) is 63.5 Å². The number of hydrogen-bond acceptors (Lipinski definition) is 4. The summed E-state index contributed by atoms with van der Waals surface area (Å²) < 4.78 is 10.8. The maximum absolute atomic E-state index is 5.48. The molecule has 1 N–H and O–H groups in total. The molecule has 4 heteroatoms. The Morgan fingerprint density at radius 2 is 2.06 bits per heavy atom. The van der Waals surface area contributed by atoms with Crippen LogP contribution in [0.1, 0.15) is 26.2 Å². The quantitative estimate of drug-likeness (QED) is 0.692. The van der Waals surface area contributed by atoms with Crippen LogP contribution in [0.15, 0.2) is 0 Å². The lowest BCUT2D eigenvalue weighted by Crippen LogP contribution is -2.40. The van der Waals surface area contributed by atoms with Gasteiger partial charge >= 0.3 is 0 Å². The number of nitrogens with one attached hydrogen (secondary N) is 1. The second-order valence-electron chi connectivity index (χ2n) is 5.40. The highest BCUT2D eigenvalue weighted by atomic mass is 16.5. The molecule has 0 amide bonds. The minimum absolute atomic E-state index is 0.650. The Bertz CT molecular complexity index is 214. The van der Waals surface area contributed by atoms with E-state index >= 15 is 0 Å². The summed E-state index contributed by atoms with van der Waals surface area (Å²) in [5, 5.41) is 3.71. The van der Waals surface area contributed by atoms with Crippen molar-refractivity contribution in [3.05, 3.63) is 0 Å². The van der Waals surface area contributed by atoms with Crippen LogP contribution in [0.3, 0.4) is 0 Å². The molecule has 2 atom stereocenters. The van der Waals surface area contributed by atoms with Crippen molar-refractivity contribution in [2.24, 2.45) is 5.92 Å². The molecular formula is C14H28N2O2. The zero-order valence-corrected chi connectivity index (χ0v) is 11.7. The summed E-state index contributed by atoms with van der Waals surface area (Å²) in [6.07, 6.45) is 3.69. The van der Waals surface area contributed by atoms with Gasteiger partial charge in [0.05, 0.1) is 19.8 Å². The third-order valence-electron chi connectivity index (χ3n) is 4.14. The molecule has 2 unspecified atom stereocenters. The number of ether oxygens (including phenoxy) is 2. The summed E-state index contributed by atoms with van der Waals surface area (Å²) in [5.74, 6) is 0.735. The largest absolute Gasteiger partial charge is 0.381 e. The fraction of sp³-hybridized carbons (Fsp3) is 1.00. The number of rotatable bonds is 7. The molecule has 2 heterocycles. The average molecular weight is 256 g/mol. The summed E-state index contributed by atoms with van der Waals surface area (Å²) in [7, 11) is 0. The molecule has 0 aromatic rings. The molecule has 0 spiro atoms. The van der Waals surface area contributed by atoms with Crippen LogP contribution >= 0.6 is 0 Å². The first-order chi connectivity index (χ1) is 8.90. The standard InChI is InChI=1S/C14H28N2O2/c1-2-14(13-4-9-18-12-13)15-5-3-6-16-7-10-17-11-8-16/h13-15H,2-12H2,1H3. The van der Waals surface area contributed by atoms with Gasteiger partial charge in [-0.1, -0.05) is 6.92 Å². The molecule has 4 nitrogen and oxygen atoms in total. The average Bonchev–Trinajstić information content (AvgIpc) is 2.94. The third kappa shape index (κ3) is 4.50. The van der Waals surface area contributed by atoms with E-state index < -0.39 is 0 Å². The Morgan fingerprint density at radius 1 is 1.22 bits per heavy atom. The second kappa shape index (κ2) is 8.10.